The van der Waals surface area contributed by atoms with Gasteiger partial charge in [0.05, 0.1) is 22.4 Å². The molecule has 5 rings (SSSR count). The van der Waals surface area contributed by atoms with E-state index >= 15 is 0 Å². The Morgan fingerprint density at radius 1 is 1.21 bits per heavy atom. The van der Waals surface area contributed by atoms with Crippen molar-refractivity contribution in [1.29, 1.82) is 5.26 Å². The van der Waals surface area contributed by atoms with Gasteiger partial charge in [-0.05, 0) is 54.9 Å². The second-order valence-electron chi connectivity index (χ2n) is 9.16. The Balaban J connectivity index is 1.71. The van der Waals surface area contributed by atoms with Crippen molar-refractivity contribution >= 4 is 5.78 Å². The number of hydrogen-bond donors (Lipinski definition) is 2. The fourth-order valence-corrected chi connectivity index (χ4v) is 5.84. The summed E-state index contributed by atoms with van der Waals surface area (Å²) in [5, 5.41) is 27.1. The van der Waals surface area contributed by atoms with Gasteiger partial charge in [-0.25, -0.2) is 0 Å². The van der Waals surface area contributed by atoms with E-state index in [2.05, 4.69) is 41.5 Å². The van der Waals surface area contributed by atoms with Crippen LogP contribution < -0.4 is 0 Å². The molecule has 33 heavy (non-hydrogen) atoms. The Bertz CT molecular complexity index is 1270. The normalized spacial score (nSPS) is 23.9. The summed E-state index contributed by atoms with van der Waals surface area (Å²) in [6.45, 7) is 2.13. The zero-order valence-corrected chi connectivity index (χ0v) is 18.7. The van der Waals surface area contributed by atoms with E-state index in [1.54, 1.807) is 0 Å². The number of ketones is 1. The smallest absolute Gasteiger partial charge is 0.176 e. The number of fused-ring (bicyclic) bond motifs is 3. The van der Waals surface area contributed by atoms with Crippen LogP contribution in [0.4, 0.5) is 0 Å². The number of nitrogens with zero attached hydrogens (tertiary/aromatic N) is 2. The molecule has 0 bridgehead atoms. The molecule has 0 saturated heterocycles. The van der Waals surface area contributed by atoms with E-state index in [0.29, 0.717) is 0 Å². The molecule has 2 aliphatic rings. The zero-order valence-electron chi connectivity index (χ0n) is 18.7. The molecule has 3 atom stereocenters. The number of carbonyl (C=O) groups excluding carboxylic acids is 1. The fraction of sp³-hybridized carbons (Fsp3) is 0.321. The lowest BCUT2D eigenvalue weighted by Gasteiger charge is -2.47. The second-order valence-corrected chi connectivity index (χ2v) is 9.16. The number of rotatable bonds is 5. The van der Waals surface area contributed by atoms with Gasteiger partial charge in [0, 0.05) is 23.7 Å². The van der Waals surface area contributed by atoms with Gasteiger partial charge >= 0.3 is 0 Å². The first kappa shape index (κ1) is 21.4. The molecule has 2 N–H and O–H groups in total. The Kier molecular flexibility index (Phi) is 5.47. The highest BCUT2D eigenvalue weighted by atomic mass is 16.2. The summed E-state index contributed by atoms with van der Waals surface area (Å²) in [5.74, 6) is -0.270. The van der Waals surface area contributed by atoms with E-state index in [0.717, 1.165) is 53.8 Å². The van der Waals surface area contributed by atoms with E-state index in [1.807, 2.05) is 37.3 Å². The van der Waals surface area contributed by atoms with Crippen LogP contribution in [0.25, 0.3) is 11.3 Å². The molecule has 2 aliphatic carbocycles. The molecule has 0 fully saturated rings. The Labute approximate surface area is 193 Å². The van der Waals surface area contributed by atoms with Gasteiger partial charge in [-0.3, -0.25) is 9.89 Å². The maximum absolute atomic E-state index is 12.9. The van der Waals surface area contributed by atoms with Gasteiger partial charge < -0.3 is 5.11 Å². The van der Waals surface area contributed by atoms with Crippen molar-refractivity contribution in [3.05, 3.63) is 88.6 Å². The SMILES string of the molecule is C[C@@H]1C(=O)C(C#N)=C[C@]2(c3ccccc3)c3n[nH]c(-c4cccc(CCCO)c4)c3CCC12. The molecule has 1 unspecified atom stereocenters. The third-order valence-corrected chi connectivity index (χ3v) is 7.41. The number of benzene rings is 2. The van der Waals surface area contributed by atoms with E-state index < -0.39 is 5.41 Å². The van der Waals surface area contributed by atoms with Crippen LogP contribution >= 0.6 is 0 Å². The summed E-state index contributed by atoms with van der Waals surface area (Å²) in [5.41, 5.74) is 6.02. The van der Waals surface area contributed by atoms with E-state index in [-0.39, 0.29) is 29.8 Å². The third kappa shape index (κ3) is 3.34. The quantitative estimate of drug-likeness (QED) is 0.614. The lowest BCUT2D eigenvalue weighted by atomic mass is 9.54. The second kappa shape index (κ2) is 8.46. The van der Waals surface area contributed by atoms with Gasteiger partial charge in [-0.15, -0.1) is 0 Å². The summed E-state index contributed by atoms with van der Waals surface area (Å²) < 4.78 is 0. The van der Waals surface area contributed by atoms with Crippen LogP contribution in [0.3, 0.4) is 0 Å². The molecule has 166 valence electrons. The number of nitriles is 1. The fourth-order valence-electron chi connectivity index (χ4n) is 5.84. The number of Topliss-reactive ketones (excluding diaryl/α,β-unsaturated/α-hetero) is 1. The maximum atomic E-state index is 12.9. The molecule has 1 heterocycles. The van der Waals surface area contributed by atoms with Gasteiger partial charge in [-0.2, -0.15) is 10.4 Å². The van der Waals surface area contributed by atoms with Crippen molar-refractivity contribution in [2.24, 2.45) is 11.8 Å². The molecule has 3 aromatic rings. The van der Waals surface area contributed by atoms with Gasteiger partial charge in [0.2, 0.25) is 0 Å². The number of aliphatic hydroxyl groups excluding tert-OH is 1. The minimum absolute atomic E-state index is 0.0454. The van der Waals surface area contributed by atoms with Crippen LogP contribution in [0.2, 0.25) is 0 Å². The summed E-state index contributed by atoms with van der Waals surface area (Å²) in [7, 11) is 0. The van der Waals surface area contributed by atoms with Crippen LogP contribution in [0, 0.1) is 23.2 Å². The molecule has 2 aromatic carbocycles. The number of carbonyl (C=O) groups is 1. The lowest BCUT2D eigenvalue weighted by molar-refractivity contribution is -0.121. The van der Waals surface area contributed by atoms with Gasteiger partial charge in [0.15, 0.2) is 5.78 Å². The number of aliphatic hydroxyl groups is 1. The first-order valence-corrected chi connectivity index (χ1v) is 11.6. The molecular weight excluding hydrogens is 410 g/mol. The number of aromatic nitrogens is 2. The minimum Gasteiger partial charge on any atom is -0.396 e. The molecule has 0 aliphatic heterocycles. The number of aromatic amines is 1. The number of aryl methyl sites for hydroxylation is 1. The van der Waals surface area contributed by atoms with E-state index in [4.69, 9.17) is 5.10 Å². The largest absolute Gasteiger partial charge is 0.396 e. The predicted molar refractivity (Wildman–Crippen MR) is 126 cm³/mol. The summed E-state index contributed by atoms with van der Waals surface area (Å²) in [6, 6.07) is 20.7. The summed E-state index contributed by atoms with van der Waals surface area (Å²) in [6.07, 6.45) is 5.12. The highest BCUT2D eigenvalue weighted by Gasteiger charge is 2.53. The molecular formula is C28H27N3O2. The first-order chi connectivity index (χ1) is 16.1. The van der Waals surface area contributed by atoms with E-state index in [9.17, 15) is 15.2 Å². The lowest BCUT2D eigenvalue weighted by Crippen LogP contribution is -2.48. The number of allylic oxidation sites excluding steroid dienone is 2. The Morgan fingerprint density at radius 3 is 2.79 bits per heavy atom. The van der Waals surface area contributed by atoms with Gasteiger partial charge in [0.25, 0.3) is 0 Å². The van der Waals surface area contributed by atoms with Crippen molar-refractivity contribution in [2.75, 3.05) is 6.61 Å². The van der Waals surface area contributed by atoms with Gasteiger partial charge in [0.1, 0.15) is 6.07 Å². The highest BCUT2D eigenvalue weighted by Crippen LogP contribution is 2.54. The average molecular weight is 438 g/mol. The predicted octanol–water partition coefficient (Wildman–Crippen LogP) is 4.52. The molecule has 0 spiro atoms. The van der Waals surface area contributed by atoms with Crippen molar-refractivity contribution in [3.63, 3.8) is 0 Å². The number of nitrogens with one attached hydrogen (secondary N) is 1. The third-order valence-electron chi connectivity index (χ3n) is 7.41. The van der Waals surface area contributed by atoms with Crippen LogP contribution in [0.5, 0.6) is 0 Å². The first-order valence-electron chi connectivity index (χ1n) is 11.6. The molecule has 5 heteroatoms. The van der Waals surface area contributed by atoms with Crippen molar-refractivity contribution < 1.29 is 9.90 Å². The molecule has 0 amide bonds. The topological polar surface area (TPSA) is 89.8 Å². The van der Waals surface area contributed by atoms with E-state index in [1.165, 1.54) is 5.56 Å². The number of H-pyrrole nitrogens is 1. The molecule has 0 radical (unpaired) electrons. The van der Waals surface area contributed by atoms with Crippen molar-refractivity contribution in [3.8, 4) is 17.3 Å². The van der Waals surface area contributed by atoms with Crippen LogP contribution in [-0.2, 0) is 23.1 Å². The molecule has 1 aromatic heterocycles. The minimum atomic E-state index is -0.615. The highest BCUT2D eigenvalue weighted by molar-refractivity contribution is 6.02. The molecule has 5 nitrogen and oxygen atoms in total. The Morgan fingerprint density at radius 2 is 2.03 bits per heavy atom. The van der Waals surface area contributed by atoms with Crippen LogP contribution in [0.1, 0.15) is 42.1 Å². The summed E-state index contributed by atoms with van der Waals surface area (Å²) >= 11 is 0. The summed E-state index contributed by atoms with van der Waals surface area (Å²) in [4.78, 5) is 12.9. The maximum Gasteiger partial charge on any atom is 0.176 e. The van der Waals surface area contributed by atoms with Crippen LogP contribution in [-0.4, -0.2) is 27.7 Å². The Hall–Kier alpha value is -3.49. The number of hydrogen-bond acceptors (Lipinski definition) is 4. The van der Waals surface area contributed by atoms with Crippen molar-refractivity contribution in [2.45, 2.75) is 38.0 Å². The van der Waals surface area contributed by atoms with Crippen LogP contribution in [0.15, 0.2) is 66.2 Å². The average Bonchev–Trinajstić information content (AvgIpc) is 3.30. The monoisotopic (exact) mass is 437 g/mol. The molecule has 0 saturated carbocycles. The van der Waals surface area contributed by atoms with Crippen molar-refractivity contribution in [1.82, 2.24) is 10.2 Å². The standard InChI is InChI=1S/C28H27N3O2/c1-18-24-13-12-23-25(20-9-5-7-19(15-20)8-6-14-32)30-31-27(23)28(24,16-21(17-29)26(18)33)22-10-3-2-4-11-22/h2-5,7,9-11,15-16,18,24,32H,6,8,12-14H2,1H3,(H,30,31)/t18-,24?,28+/m0/s1. The zero-order chi connectivity index (χ0) is 23.0. The van der Waals surface area contributed by atoms with Gasteiger partial charge in [-0.1, -0.05) is 55.5 Å².